The van der Waals surface area contributed by atoms with Gasteiger partial charge in [0.2, 0.25) is 0 Å². The lowest BCUT2D eigenvalue weighted by molar-refractivity contribution is 0.669. The van der Waals surface area contributed by atoms with Crippen LogP contribution in [-0.4, -0.2) is 9.97 Å². The van der Waals surface area contributed by atoms with E-state index in [4.69, 9.17) is 14.4 Å². The summed E-state index contributed by atoms with van der Waals surface area (Å²) in [6.07, 6.45) is 0. The summed E-state index contributed by atoms with van der Waals surface area (Å²) in [5.41, 5.74) is 18.1. The van der Waals surface area contributed by atoms with Gasteiger partial charge in [0.05, 0.1) is 16.8 Å². The summed E-state index contributed by atoms with van der Waals surface area (Å²) in [5.74, 6) is 0.681. The van der Waals surface area contributed by atoms with E-state index in [-0.39, 0.29) is 0 Å². The summed E-state index contributed by atoms with van der Waals surface area (Å²) >= 11 is 0. The van der Waals surface area contributed by atoms with Crippen LogP contribution >= 0.6 is 0 Å². The first-order valence-corrected chi connectivity index (χ1v) is 21.1. The molecule has 11 aromatic rings. The predicted molar refractivity (Wildman–Crippen MR) is 254 cm³/mol. The van der Waals surface area contributed by atoms with Gasteiger partial charge in [0.25, 0.3) is 0 Å². The van der Waals surface area contributed by atoms with E-state index in [0.29, 0.717) is 5.82 Å². The van der Waals surface area contributed by atoms with Crippen LogP contribution in [0.2, 0.25) is 0 Å². The first kappa shape index (κ1) is 35.8. The summed E-state index contributed by atoms with van der Waals surface area (Å²) in [6, 6.07) is 82.3. The molecule has 0 fully saturated rings. The minimum atomic E-state index is -0.498. The Hall–Kier alpha value is -8.14. The number of aromatic nitrogens is 2. The molecule has 0 aliphatic heterocycles. The van der Waals surface area contributed by atoms with Crippen LogP contribution in [0, 0.1) is 0 Å². The molecule has 0 saturated heterocycles. The molecule has 2 heterocycles. The van der Waals surface area contributed by atoms with E-state index in [1.54, 1.807) is 0 Å². The van der Waals surface area contributed by atoms with E-state index in [1.807, 2.05) is 30.3 Å². The Labute approximate surface area is 360 Å². The average Bonchev–Trinajstić information content (AvgIpc) is 3.88. The molecule has 1 aliphatic rings. The van der Waals surface area contributed by atoms with Crippen molar-refractivity contribution in [1.82, 2.24) is 9.97 Å². The Morgan fingerprint density at radius 1 is 0.323 bits per heavy atom. The van der Waals surface area contributed by atoms with Crippen molar-refractivity contribution in [2.75, 3.05) is 0 Å². The Bertz CT molecular complexity index is 3420. The summed E-state index contributed by atoms with van der Waals surface area (Å²) in [5, 5.41) is 2.22. The van der Waals surface area contributed by atoms with Crippen molar-refractivity contribution in [2.24, 2.45) is 0 Å². The van der Waals surface area contributed by atoms with Crippen LogP contribution in [0.15, 0.2) is 235 Å². The Balaban J connectivity index is 1.05. The fourth-order valence-electron chi connectivity index (χ4n) is 9.87. The SMILES string of the molecule is c1ccc(-c2nc(-c3cccc(-c4ccc5oc6ccccc6c5c4)c3)cc(-c3ccccc3-c3cccc4c3-c3ccccc3C4(c3ccccc3)c3ccccc3)n2)cc1. The third-order valence-corrected chi connectivity index (χ3v) is 12.6. The second kappa shape index (κ2) is 14.5. The van der Waals surface area contributed by atoms with Crippen LogP contribution in [0.1, 0.15) is 22.3 Å². The van der Waals surface area contributed by atoms with E-state index < -0.39 is 5.41 Å². The Morgan fingerprint density at radius 2 is 0.871 bits per heavy atom. The van der Waals surface area contributed by atoms with Gasteiger partial charge in [-0.1, -0.05) is 200 Å². The van der Waals surface area contributed by atoms with Gasteiger partial charge in [-0.3, -0.25) is 0 Å². The fraction of sp³-hybridized carbons (Fsp3) is 0.0169. The molecule has 3 heteroatoms. The minimum Gasteiger partial charge on any atom is -0.456 e. The Kier molecular flexibility index (Phi) is 8.39. The maximum atomic E-state index is 6.16. The van der Waals surface area contributed by atoms with Gasteiger partial charge in [-0.25, -0.2) is 9.97 Å². The first-order chi connectivity index (χ1) is 30.7. The summed E-state index contributed by atoms with van der Waals surface area (Å²) in [6.45, 7) is 0. The van der Waals surface area contributed by atoms with E-state index in [0.717, 1.165) is 66.7 Å². The van der Waals surface area contributed by atoms with E-state index in [1.165, 1.54) is 38.9 Å². The second-order valence-corrected chi connectivity index (χ2v) is 16.0. The number of benzene rings is 9. The molecule has 0 unspecified atom stereocenters. The van der Waals surface area contributed by atoms with E-state index in [2.05, 4.69) is 200 Å². The number of hydrogen-bond donors (Lipinski definition) is 0. The van der Waals surface area contributed by atoms with Crippen molar-refractivity contribution in [3.63, 3.8) is 0 Å². The van der Waals surface area contributed by atoms with Gasteiger partial charge in [0.15, 0.2) is 5.82 Å². The van der Waals surface area contributed by atoms with Crippen LogP contribution in [-0.2, 0) is 5.41 Å². The molecular weight excluding hydrogens is 753 g/mol. The molecule has 0 radical (unpaired) electrons. The van der Waals surface area contributed by atoms with Crippen LogP contribution in [0.25, 0.3) is 89.2 Å². The number of fused-ring (bicyclic) bond motifs is 6. The highest BCUT2D eigenvalue weighted by atomic mass is 16.3. The standard InChI is InChI=1S/C59H38N2O/c1-4-18-39(19-5-1)58-60-53(42-21-16-20-40(36-42)41-34-35-56-50(37-41)47-28-13-15-33-55(47)62-56)38-54(61-58)46-27-11-10-26-45(46)48-30-17-32-52-57(48)49-29-12-14-31-51(49)59(52,43-22-6-2-7-23-43)44-24-8-3-9-25-44/h1-38H. The lowest BCUT2D eigenvalue weighted by Crippen LogP contribution is -2.28. The van der Waals surface area contributed by atoms with E-state index in [9.17, 15) is 0 Å². The molecular formula is C59H38N2O. The quantitative estimate of drug-likeness (QED) is 0.161. The van der Waals surface area contributed by atoms with Crippen LogP contribution < -0.4 is 0 Å². The predicted octanol–water partition coefficient (Wildman–Crippen LogP) is 15.1. The molecule has 2 aromatic heterocycles. The zero-order valence-electron chi connectivity index (χ0n) is 33.7. The topological polar surface area (TPSA) is 38.9 Å². The van der Waals surface area contributed by atoms with Crippen LogP contribution in [0.3, 0.4) is 0 Å². The second-order valence-electron chi connectivity index (χ2n) is 16.0. The monoisotopic (exact) mass is 790 g/mol. The van der Waals surface area contributed by atoms with Gasteiger partial charge in [0, 0.05) is 27.5 Å². The van der Waals surface area contributed by atoms with Crippen LogP contribution in [0.5, 0.6) is 0 Å². The third-order valence-electron chi connectivity index (χ3n) is 12.6. The molecule has 0 N–H and O–H groups in total. The lowest BCUT2D eigenvalue weighted by Gasteiger charge is -2.34. The van der Waals surface area contributed by atoms with E-state index >= 15 is 0 Å². The number of furan rings is 1. The van der Waals surface area contributed by atoms with Crippen LogP contribution in [0.4, 0.5) is 0 Å². The van der Waals surface area contributed by atoms with Gasteiger partial charge in [-0.15, -0.1) is 0 Å². The molecule has 0 atom stereocenters. The molecule has 0 amide bonds. The van der Waals surface area contributed by atoms with Gasteiger partial charge in [-0.2, -0.15) is 0 Å². The van der Waals surface area contributed by atoms with Crippen molar-refractivity contribution in [3.8, 4) is 67.3 Å². The lowest BCUT2D eigenvalue weighted by atomic mass is 9.67. The summed E-state index contributed by atoms with van der Waals surface area (Å²) in [7, 11) is 0. The first-order valence-electron chi connectivity index (χ1n) is 21.1. The zero-order chi connectivity index (χ0) is 41.0. The molecule has 12 rings (SSSR count). The molecule has 1 aliphatic carbocycles. The van der Waals surface area contributed by atoms with Crippen molar-refractivity contribution < 1.29 is 4.42 Å². The number of nitrogens with zero attached hydrogens (tertiary/aromatic N) is 2. The summed E-state index contributed by atoms with van der Waals surface area (Å²) in [4.78, 5) is 10.6. The molecule has 0 saturated carbocycles. The van der Waals surface area contributed by atoms with Crippen molar-refractivity contribution in [1.29, 1.82) is 0 Å². The highest BCUT2D eigenvalue weighted by Crippen LogP contribution is 2.58. The maximum absolute atomic E-state index is 6.16. The van der Waals surface area contributed by atoms with Crippen molar-refractivity contribution >= 4 is 21.9 Å². The number of hydrogen-bond acceptors (Lipinski definition) is 3. The highest BCUT2D eigenvalue weighted by Gasteiger charge is 2.46. The molecule has 9 aromatic carbocycles. The van der Waals surface area contributed by atoms with Gasteiger partial charge in [0.1, 0.15) is 11.2 Å². The number of para-hydroxylation sites is 1. The highest BCUT2D eigenvalue weighted by molar-refractivity contribution is 6.06. The smallest absolute Gasteiger partial charge is 0.160 e. The average molecular weight is 791 g/mol. The van der Waals surface area contributed by atoms with Crippen molar-refractivity contribution in [3.05, 3.63) is 253 Å². The maximum Gasteiger partial charge on any atom is 0.160 e. The molecule has 0 spiro atoms. The molecule has 62 heavy (non-hydrogen) atoms. The normalized spacial score (nSPS) is 12.6. The minimum absolute atomic E-state index is 0.498. The van der Waals surface area contributed by atoms with Gasteiger partial charge >= 0.3 is 0 Å². The molecule has 290 valence electrons. The summed E-state index contributed by atoms with van der Waals surface area (Å²) < 4.78 is 6.16. The van der Waals surface area contributed by atoms with Gasteiger partial charge < -0.3 is 4.42 Å². The largest absolute Gasteiger partial charge is 0.456 e. The third kappa shape index (κ3) is 5.67. The number of rotatable bonds is 7. The zero-order valence-corrected chi connectivity index (χ0v) is 33.7. The molecule has 0 bridgehead atoms. The molecule has 3 nitrogen and oxygen atoms in total. The Morgan fingerprint density at radius 3 is 1.66 bits per heavy atom. The van der Waals surface area contributed by atoms with Gasteiger partial charge in [-0.05, 0) is 86.0 Å². The fourth-order valence-corrected chi connectivity index (χ4v) is 9.87. The van der Waals surface area contributed by atoms with Crippen molar-refractivity contribution in [2.45, 2.75) is 5.41 Å².